The van der Waals surface area contributed by atoms with Crippen molar-refractivity contribution in [3.63, 3.8) is 0 Å². The van der Waals surface area contributed by atoms with Crippen molar-refractivity contribution in [1.82, 2.24) is 25.0 Å². The third-order valence-electron chi connectivity index (χ3n) is 3.94. The molecule has 0 saturated carbocycles. The van der Waals surface area contributed by atoms with Gasteiger partial charge in [-0.05, 0) is 25.3 Å². The van der Waals surface area contributed by atoms with E-state index < -0.39 is 0 Å². The highest BCUT2D eigenvalue weighted by Crippen LogP contribution is 2.22. The summed E-state index contributed by atoms with van der Waals surface area (Å²) in [6.45, 7) is 6.38. The molecule has 0 spiro atoms. The quantitative estimate of drug-likeness (QED) is 0.930. The molecule has 0 radical (unpaired) electrons. The summed E-state index contributed by atoms with van der Waals surface area (Å²) in [7, 11) is 0. The molecule has 2 aromatic rings. The first-order chi connectivity index (χ1) is 11.2. The van der Waals surface area contributed by atoms with Crippen LogP contribution in [0.25, 0.3) is 0 Å². The highest BCUT2D eigenvalue weighted by molar-refractivity contribution is 7.10. The molecule has 2 amide bonds. The van der Waals surface area contributed by atoms with Crippen molar-refractivity contribution >= 4 is 17.4 Å². The molecule has 0 unspecified atom stereocenters. The van der Waals surface area contributed by atoms with Crippen LogP contribution in [-0.4, -0.2) is 45.4 Å². The molecule has 1 fully saturated rings. The van der Waals surface area contributed by atoms with Gasteiger partial charge >= 0.3 is 6.03 Å². The van der Waals surface area contributed by atoms with Crippen LogP contribution in [0.3, 0.4) is 0 Å². The van der Waals surface area contributed by atoms with Gasteiger partial charge in [0.1, 0.15) is 12.4 Å². The standard InChI is InChI=1S/C15H21N5O2S/c1-3-19-10-16-18-14(19)12-9-20(6-7-22-12)15(21)17-11(2)13-5-4-8-23-13/h4-5,8,10-12H,3,6-7,9H2,1-2H3,(H,17,21)/t11-,12-/m0/s1. The van der Waals surface area contributed by atoms with Crippen LogP contribution in [0.2, 0.25) is 0 Å². The number of morpholine rings is 1. The number of nitrogens with zero attached hydrogens (tertiary/aromatic N) is 4. The SMILES string of the molecule is CCn1cnnc1[C@@H]1CN(C(=O)N[C@@H](C)c2cccs2)CCO1. The Bertz CT molecular complexity index is 642. The summed E-state index contributed by atoms with van der Waals surface area (Å²) < 4.78 is 7.72. The molecular weight excluding hydrogens is 314 g/mol. The Morgan fingerprint density at radius 3 is 3.22 bits per heavy atom. The summed E-state index contributed by atoms with van der Waals surface area (Å²) in [5, 5.41) is 13.1. The Hall–Kier alpha value is -1.93. The number of aryl methyl sites for hydroxylation is 1. The van der Waals surface area contributed by atoms with Crippen LogP contribution in [0.5, 0.6) is 0 Å². The van der Waals surface area contributed by atoms with Crippen molar-refractivity contribution in [3.8, 4) is 0 Å². The second kappa shape index (κ2) is 7.10. The Morgan fingerprint density at radius 2 is 2.48 bits per heavy atom. The van der Waals surface area contributed by atoms with Crippen molar-refractivity contribution in [2.24, 2.45) is 0 Å². The van der Waals surface area contributed by atoms with Crippen LogP contribution >= 0.6 is 11.3 Å². The topological polar surface area (TPSA) is 72.3 Å². The maximum Gasteiger partial charge on any atom is 0.318 e. The molecule has 2 aromatic heterocycles. The van der Waals surface area contributed by atoms with Crippen molar-refractivity contribution in [1.29, 1.82) is 0 Å². The first kappa shape index (κ1) is 15.9. The second-order valence-electron chi connectivity index (χ2n) is 5.47. The van der Waals surface area contributed by atoms with E-state index in [2.05, 4.69) is 15.5 Å². The Balaban J connectivity index is 1.63. The summed E-state index contributed by atoms with van der Waals surface area (Å²) >= 11 is 1.64. The third-order valence-corrected chi connectivity index (χ3v) is 4.99. The van der Waals surface area contributed by atoms with E-state index >= 15 is 0 Å². The van der Waals surface area contributed by atoms with Gasteiger partial charge < -0.3 is 19.5 Å². The van der Waals surface area contributed by atoms with E-state index in [9.17, 15) is 4.79 Å². The van der Waals surface area contributed by atoms with Gasteiger partial charge in [0.2, 0.25) is 0 Å². The molecule has 0 aromatic carbocycles. The van der Waals surface area contributed by atoms with E-state index in [1.165, 1.54) is 0 Å². The molecule has 1 N–H and O–H groups in total. The molecule has 0 bridgehead atoms. The zero-order valence-electron chi connectivity index (χ0n) is 13.3. The van der Waals surface area contributed by atoms with Crippen molar-refractivity contribution in [2.45, 2.75) is 32.5 Å². The molecule has 1 saturated heterocycles. The van der Waals surface area contributed by atoms with Crippen LogP contribution in [0.4, 0.5) is 4.79 Å². The molecule has 124 valence electrons. The molecule has 1 aliphatic rings. The third kappa shape index (κ3) is 3.53. The maximum atomic E-state index is 12.5. The van der Waals surface area contributed by atoms with Gasteiger partial charge in [0.15, 0.2) is 5.82 Å². The van der Waals surface area contributed by atoms with Gasteiger partial charge in [-0.15, -0.1) is 21.5 Å². The van der Waals surface area contributed by atoms with E-state index in [4.69, 9.17) is 4.74 Å². The van der Waals surface area contributed by atoms with E-state index in [1.807, 2.05) is 35.9 Å². The van der Waals surface area contributed by atoms with Crippen LogP contribution in [0.15, 0.2) is 23.8 Å². The lowest BCUT2D eigenvalue weighted by Gasteiger charge is -2.33. The number of urea groups is 1. The van der Waals surface area contributed by atoms with Gasteiger partial charge in [0.25, 0.3) is 0 Å². The van der Waals surface area contributed by atoms with E-state index in [0.717, 1.165) is 17.2 Å². The van der Waals surface area contributed by atoms with Gasteiger partial charge in [0, 0.05) is 18.0 Å². The Morgan fingerprint density at radius 1 is 1.61 bits per heavy atom. The number of hydrogen-bond acceptors (Lipinski definition) is 5. The summed E-state index contributed by atoms with van der Waals surface area (Å²) in [5.41, 5.74) is 0. The van der Waals surface area contributed by atoms with Crippen LogP contribution in [0.1, 0.15) is 36.7 Å². The lowest BCUT2D eigenvalue weighted by atomic mass is 10.2. The van der Waals surface area contributed by atoms with Gasteiger partial charge in [0.05, 0.1) is 19.2 Å². The molecule has 1 aliphatic heterocycles. The zero-order chi connectivity index (χ0) is 16.2. The predicted octanol–water partition coefficient (Wildman–Crippen LogP) is 2.20. The molecule has 2 atom stereocenters. The van der Waals surface area contributed by atoms with Gasteiger partial charge in [-0.1, -0.05) is 6.07 Å². The zero-order valence-corrected chi connectivity index (χ0v) is 14.1. The molecular formula is C15H21N5O2S. The first-order valence-electron chi connectivity index (χ1n) is 7.77. The number of ether oxygens (including phenoxy) is 1. The summed E-state index contributed by atoms with van der Waals surface area (Å²) in [5.74, 6) is 0.774. The second-order valence-corrected chi connectivity index (χ2v) is 6.45. The number of thiophene rings is 1. The number of hydrogen-bond donors (Lipinski definition) is 1. The number of amides is 2. The average molecular weight is 335 g/mol. The summed E-state index contributed by atoms with van der Waals surface area (Å²) in [4.78, 5) is 15.4. The molecule has 0 aliphatic carbocycles. The molecule has 8 heteroatoms. The fourth-order valence-electron chi connectivity index (χ4n) is 2.63. The molecule has 23 heavy (non-hydrogen) atoms. The van der Waals surface area contributed by atoms with E-state index in [-0.39, 0.29) is 18.2 Å². The summed E-state index contributed by atoms with van der Waals surface area (Å²) in [6, 6.07) is 3.96. The first-order valence-corrected chi connectivity index (χ1v) is 8.65. The van der Waals surface area contributed by atoms with E-state index in [1.54, 1.807) is 22.6 Å². The van der Waals surface area contributed by atoms with Gasteiger partial charge in [-0.25, -0.2) is 4.79 Å². The normalized spacial score (nSPS) is 19.6. The predicted molar refractivity (Wildman–Crippen MR) is 87.2 cm³/mol. The van der Waals surface area contributed by atoms with Gasteiger partial charge in [-0.3, -0.25) is 0 Å². The smallest absolute Gasteiger partial charge is 0.318 e. The maximum absolute atomic E-state index is 12.5. The average Bonchev–Trinajstić information content (AvgIpc) is 3.26. The Kier molecular flexibility index (Phi) is 4.92. The Labute approximate surface area is 139 Å². The van der Waals surface area contributed by atoms with Crippen molar-refractivity contribution in [3.05, 3.63) is 34.5 Å². The van der Waals surface area contributed by atoms with Crippen molar-refractivity contribution in [2.75, 3.05) is 19.7 Å². The number of rotatable bonds is 4. The lowest BCUT2D eigenvalue weighted by Crippen LogP contribution is -2.48. The fraction of sp³-hybridized carbons (Fsp3) is 0.533. The number of nitrogens with one attached hydrogen (secondary N) is 1. The van der Waals surface area contributed by atoms with Crippen LogP contribution < -0.4 is 5.32 Å². The minimum Gasteiger partial charge on any atom is -0.366 e. The highest BCUT2D eigenvalue weighted by Gasteiger charge is 2.29. The lowest BCUT2D eigenvalue weighted by molar-refractivity contribution is -0.0220. The van der Waals surface area contributed by atoms with Crippen LogP contribution in [-0.2, 0) is 11.3 Å². The molecule has 3 heterocycles. The number of carbonyl (C=O) groups is 1. The van der Waals surface area contributed by atoms with E-state index in [0.29, 0.717) is 19.7 Å². The molecule has 7 nitrogen and oxygen atoms in total. The van der Waals surface area contributed by atoms with Crippen LogP contribution in [0, 0.1) is 0 Å². The minimum absolute atomic E-state index is 0.00286. The highest BCUT2D eigenvalue weighted by atomic mass is 32.1. The summed E-state index contributed by atoms with van der Waals surface area (Å²) in [6.07, 6.45) is 1.46. The van der Waals surface area contributed by atoms with Crippen molar-refractivity contribution < 1.29 is 9.53 Å². The molecule has 3 rings (SSSR count). The fourth-order valence-corrected chi connectivity index (χ4v) is 3.37. The van der Waals surface area contributed by atoms with Gasteiger partial charge in [-0.2, -0.15) is 0 Å². The largest absolute Gasteiger partial charge is 0.366 e. The number of carbonyl (C=O) groups excluding carboxylic acids is 1. The minimum atomic E-state index is -0.228. The number of aromatic nitrogens is 3. The monoisotopic (exact) mass is 335 g/mol.